The van der Waals surface area contributed by atoms with Crippen LogP contribution in [0.3, 0.4) is 0 Å². The molecule has 0 amide bonds. The number of hydrogen-bond donors (Lipinski definition) is 1. The van der Waals surface area contributed by atoms with E-state index in [1.807, 2.05) is 6.07 Å². The zero-order valence-corrected chi connectivity index (χ0v) is 13.9. The van der Waals surface area contributed by atoms with Crippen molar-refractivity contribution in [2.24, 2.45) is 11.3 Å². The van der Waals surface area contributed by atoms with E-state index in [0.717, 1.165) is 12.0 Å². The van der Waals surface area contributed by atoms with Crippen molar-refractivity contribution in [3.8, 4) is 5.75 Å². The van der Waals surface area contributed by atoms with Crippen LogP contribution in [0.1, 0.15) is 62.4 Å². The van der Waals surface area contributed by atoms with Gasteiger partial charge in [0.05, 0.1) is 4.47 Å². The summed E-state index contributed by atoms with van der Waals surface area (Å²) in [6, 6.07) is 3.67. The third-order valence-corrected chi connectivity index (χ3v) is 6.44. The van der Waals surface area contributed by atoms with Gasteiger partial charge in [-0.15, -0.1) is 0 Å². The van der Waals surface area contributed by atoms with Crippen molar-refractivity contribution in [3.05, 3.63) is 27.7 Å². The highest BCUT2D eigenvalue weighted by Gasteiger charge is 2.52. The summed E-state index contributed by atoms with van der Waals surface area (Å²) in [6.07, 6.45) is 4.11. The molecular formula is C17H21BrO2. The van der Waals surface area contributed by atoms with Crippen LogP contribution < -0.4 is 0 Å². The maximum absolute atomic E-state index is 12.6. The van der Waals surface area contributed by atoms with E-state index in [-0.39, 0.29) is 22.4 Å². The first-order valence-corrected chi connectivity index (χ1v) is 8.12. The van der Waals surface area contributed by atoms with Gasteiger partial charge in [-0.25, -0.2) is 0 Å². The SMILES string of the molecule is CC1(C)CCC[C@]2(C)c3ccc(O)c(Br)c3C(=O)CC12. The van der Waals surface area contributed by atoms with E-state index in [1.54, 1.807) is 6.07 Å². The van der Waals surface area contributed by atoms with Gasteiger partial charge in [-0.3, -0.25) is 4.79 Å². The number of phenols is 1. The first-order valence-electron chi connectivity index (χ1n) is 7.32. The first kappa shape index (κ1) is 14.1. The van der Waals surface area contributed by atoms with E-state index in [2.05, 4.69) is 36.7 Å². The van der Waals surface area contributed by atoms with Crippen molar-refractivity contribution in [2.75, 3.05) is 0 Å². The molecule has 0 saturated heterocycles. The second-order valence-corrected chi connectivity index (χ2v) is 8.05. The summed E-state index contributed by atoms with van der Waals surface area (Å²) in [7, 11) is 0. The average molecular weight is 337 g/mol. The maximum Gasteiger partial charge on any atom is 0.164 e. The van der Waals surface area contributed by atoms with E-state index in [1.165, 1.54) is 12.8 Å². The van der Waals surface area contributed by atoms with Gasteiger partial charge in [0.1, 0.15) is 5.75 Å². The molecule has 2 aliphatic rings. The van der Waals surface area contributed by atoms with E-state index in [4.69, 9.17) is 0 Å². The lowest BCUT2D eigenvalue weighted by molar-refractivity contribution is 0.0367. The molecule has 2 atom stereocenters. The minimum atomic E-state index is 0.0429. The number of halogens is 1. The summed E-state index contributed by atoms with van der Waals surface area (Å²) in [4.78, 5) is 12.6. The van der Waals surface area contributed by atoms with Gasteiger partial charge < -0.3 is 5.11 Å². The summed E-state index contributed by atoms with van der Waals surface area (Å²) >= 11 is 3.40. The van der Waals surface area contributed by atoms with Crippen molar-refractivity contribution in [1.29, 1.82) is 0 Å². The normalized spacial score (nSPS) is 31.6. The fourth-order valence-electron chi connectivity index (χ4n) is 4.55. The molecule has 1 N–H and O–H groups in total. The van der Waals surface area contributed by atoms with Crippen LogP contribution in [0.15, 0.2) is 16.6 Å². The Hall–Kier alpha value is -0.830. The molecule has 108 valence electrons. The van der Waals surface area contributed by atoms with Gasteiger partial charge in [0.25, 0.3) is 0 Å². The molecule has 1 aromatic carbocycles. The molecule has 2 nitrogen and oxygen atoms in total. The third kappa shape index (κ3) is 1.78. The van der Waals surface area contributed by atoms with Crippen molar-refractivity contribution in [3.63, 3.8) is 0 Å². The van der Waals surface area contributed by atoms with Gasteiger partial charge in [0.15, 0.2) is 5.78 Å². The fraction of sp³-hybridized carbons (Fsp3) is 0.588. The van der Waals surface area contributed by atoms with Crippen LogP contribution in [0.2, 0.25) is 0 Å². The third-order valence-electron chi connectivity index (χ3n) is 5.63. The van der Waals surface area contributed by atoms with Crippen molar-refractivity contribution in [1.82, 2.24) is 0 Å². The molecular weight excluding hydrogens is 316 g/mol. The topological polar surface area (TPSA) is 37.3 Å². The Morgan fingerprint density at radius 3 is 2.65 bits per heavy atom. The first-order chi connectivity index (χ1) is 9.27. The number of hydrogen-bond acceptors (Lipinski definition) is 2. The molecule has 1 saturated carbocycles. The van der Waals surface area contributed by atoms with E-state index in [0.29, 0.717) is 22.4 Å². The summed E-state index contributed by atoms with van der Waals surface area (Å²) in [5.74, 6) is 0.717. The molecule has 1 fully saturated rings. The van der Waals surface area contributed by atoms with Crippen LogP contribution in [0.25, 0.3) is 0 Å². The highest BCUT2D eigenvalue weighted by Crippen LogP contribution is 2.58. The predicted octanol–water partition coefficient (Wildman–Crippen LogP) is 4.83. The smallest absolute Gasteiger partial charge is 0.164 e. The van der Waals surface area contributed by atoms with Gasteiger partial charge >= 0.3 is 0 Å². The fourth-order valence-corrected chi connectivity index (χ4v) is 5.11. The number of fused-ring (bicyclic) bond motifs is 3. The number of phenolic OH excluding ortho intramolecular Hbond substituents is 1. The second kappa shape index (κ2) is 4.33. The molecule has 0 radical (unpaired) electrons. The van der Waals surface area contributed by atoms with Crippen LogP contribution in [0.5, 0.6) is 5.75 Å². The van der Waals surface area contributed by atoms with Crippen LogP contribution in [-0.4, -0.2) is 10.9 Å². The molecule has 3 rings (SSSR count). The number of benzene rings is 1. The standard InChI is InChI=1S/C17H21BrO2/c1-16(2)7-4-8-17(3)10-5-6-11(19)15(18)14(10)12(20)9-13(16)17/h5-6,13,19H,4,7-9H2,1-3H3/t13?,17-/m1/s1. The lowest BCUT2D eigenvalue weighted by Crippen LogP contribution is -2.49. The largest absolute Gasteiger partial charge is 0.507 e. The lowest BCUT2D eigenvalue weighted by atomic mass is 9.50. The Balaban J connectivity index is 2.24. The number of Topliss-reactive ketones (excluding diaryl/α,β-unsaturated/α-hetero) is 1. The second-order valence-electron chi connectivity index (χ2n) is 7.26. The Bertz CT molecular complexity index is 591. The van der Waals surface area contributed by atoms with Crippen LogP contribution in [0.4, 0.5) is 0 Å². The van der Waals surface area contributed by atoms with Gasteiger partial charge in [-0.05, 0) is 57.1 Å². The van der Waals surface area contributed by atoms with Gasteiger partial charge in [-0.1, -0.05) is 33.3 Å². The van der Waals surface area contributed by atoms with E-state index in [9.17, 15) is 9.90 Å². The highest BCUT2D eigenvalue weighted by atomic mass is 79.9. The molecule has 3 heteroatoms. The van der Waals surface area contributed by atoms with Crippen molar-refractivity contribution in [2.45, 2.75) is 51.9 Å². The van der Waals surface area contributed by atoms with Crippen LogP contribution in [-0.2, 0) is 5.41 Å². The molecule has 0 bridgehead atoms. The number of carbonyl (C=O) groups excluding carboxylic acids is 1. The molecule has 1 unspecified atom stereocenters. The molecule has 0 spiro atoms. The number of ketones is 1. The Morgan fingerprint density at radius 1 is 1.25 bits per heavy atom. The summed E-state index contributed by atoms with van der Waals surface area (Å²) in [5.41, 5.74) is 2.07. The Kier molecular flexibility index (Phi) is 3.06. The molecule has 20 heavy (non-hydrogen) atoms. The highest BCUT2D eigenvalue weighted by molar-refractivity contribution is 9.10. The van der Waals surface area contributed by atoms with Gasteiger partial charge in [-0.2, -0.15) is 0 Å². The predicted molar refractivity (Wildman–Crippen MR) is 83.2 cm³/mol. The molecule has 2 aliphatic carbocycles. The quantitative estimate of drug-likeness (QED) is 0.737. The number of aromatic hydroxyl groups is 1. The van der Waals surface area contributed by atoms with Gasteiger partial charge in [0.2, 0.25) is 0 Å². The molecule has 0 aromatic heterocycles. The number of carbonyl (C=O) groups is 1. The lowest BCUT2D eigenvalue weighted by Gasteiger charge is -2.53. The van der Waals surface area contributed by atoms with Crippen LogP contribution in [0, 0.1) is 11.3 Å². The maximum atomic E-state index is 12.6. The molecule has 0 heterocycles. The Labute approximate surface area is 128 Å². The zero-order valence-electron chi connectivity index (χ0n) is 12.3. The van der Waals surface area contributed by atoms with E-state index >= 15 is 0 Å². The molecule has 1 aromatic rings. The molecule has 0 aliphatic heterocycles. The summed E-state index contributed by atoms with van der Waals surface area (Å²) in [5, 5.41) is 9.88. The summed E-state index contributed by atoms with van der Waals surface area (Å²) < 4.78 is 0.572. The zero-order chi connectivity index (χ0) is 14.7. The minimum Gasteiger partial charge on any atom is -0.507 e. The number of rotatable bonds is 0. The monoisotopic (exact) mass is 336 g/mol. The van der Waals surface area contributed by atoms with Crippen molar-refractivity contribution >= 4 is 21.7 Å². The van der Waals surface area contributed by atoms with Crippen molar-refractivity contribution < 1.29 is 9.90 Å². The minimum absolute atomic E-state index is 0.0429. The average Bonchev–Trinajstić information content (AvgIpc) is 2.35. The summed E-state index contributed by atoms with van der Waals surface area (Å²) in [6.45, 7) is 6.89. The van der Waals surface area contributed by atoms with E-state index < -0.39 is 0 Å². The van der Waals surface area contributed by atoms with Crippen LogP contribution >= 0.6 is 15.9 Å². The Morgan fingerprint density at radius 2 is 1.95 bits per heavy atom. The van der Waals surface area contributed by atoms with Gasteiger partial charge in [0, 0.05) is 12.0 Å².